The van der Waals surface area contributed by atoms with Gasteiger partial charge in [0.2, 0.25) is 5.91 Å². The van der Waals surface area contributed by atoms with Gasteiger partial charge in [-0.15, -0.1) is 11.3 Å². The summed E-state index contributed by atoms with van der Waals surface area (Å²) in [6.45, 7) is 2.82. The van der Waals surface area contributed by atoms with Crippen molar-refractivity contribution in [1.29, 1.82) is 0 Å². The molecule has 98 valence electrons. The summed E-state index contributed by atoms with van der Waals surface area (Å²) < 4.78 is 0. The molecule has 2 rings (SSSR count). The van der Waals surface area contributed by atoms with Crippen molar-refractivity contribution in [3.63, 3.8) is 0 Å². The van der Waals surface area contributed by atoms with E-state index in [2.05, 4.69) is 0 Å². The van der Waals surface area contributed by atoms with Crippen LogP contribution in [0.2, 0.25) is 0 Å². The molecule has 1 aromatic heterocycles. The summed E-state index contributed by atoms with van der Waals surface area (Å²) in [4.78, 5) is 15.2. The Morgan fingerprint density at radius 1 is 1.61 bits per heavy atom. The Balaban J connectivity index is 2.02. The Bertz CT molecular complexity index is 411. The highest BCUT2D eigenvalue weighted by Crippen LogP contribution is 2.20. The van der Waals surface area contributed by atoms with Gasteiger partial charge in [-0.3, -0.25) is 4.79 Å². The van der Waals surface area contributed by atoms with Crippen LogP contribution in [-0.4, -0.2) is 29.4 Å². The van der Waals surface area contributed by atoms with Gasteiger partial charge in [0, 0.05) is 29.6 Å². The lowest BCUT2D eigenvalue weighted by molar-refractivity contribution is -0.129. The van der Waals surface area contributed by atoms with Crippen molar-refractivity contribution >= 4 is 23.3 Å². The first-order valence-electron chi connectivity index (χ1n) is 6.46. The number of likely N-dealkylation sites (tertiary alicyclic amines) is 1. The second-order valence-corrected chi connectivity index (χ2v) is 5.78. The number of rotatable bonds is 3. The van der Waals surface area contributed by atoms with Gasteiger partial charge in [-0.1, -0.05) is 6.07 Å². The molecule has 0 bridgehead atoms. The molecule has 1 amide bonds. The maximum absolute atomic E-state index is 12.2. The molecule has 0 aliphatic carbocycles. The van der Waals surface area contributed by atoms with Crippen LogP contribution in [0.5, 0.6) is 0 Å². The number of hydrogen-bond acceptors (Lipinski definition) is 3. The maximum atomic E-state index is 12.2. The first-order valence-corrected chi connectivity index (χ1v) is 7.34. The van der Waals surface area contributed by atoms with Crippen molar-refractivity contribution in [2.24, 2.45) is 5.73 Å². The molecule has 1 aliphatic heterocycles. The molecular formula is C14H20N2OS. The third-order valence-corrected chi connectivity index (χ3v) is 4.21. The second kappa shape index (κ2) is 6.16. The summed E-state index contributed by atoms with van der Waals surface area (Å²) >= 11 is 1.64. The molecule has 2 unspecified atom stereocenters. The van der Waals surface area contributed by atoms with E-state index in [9.17, 15) is 4.79 Å². The zero-order chi connectivity index (χ0) is 13.0. The standard InChI is InChI=1S/C14H20N2OS/c1-11(15)13-6-2-3-9-16(13)14(17)8-7-12-5-4-10-18-12/h4-5,7-8,10-11,13H,2-3,6,9,15H2,1H3/b8-7+. The average Bonchev–Trinajstić information content (AvgIpc) is 2.89. The molecule has 18 heavy (non-hydrogen) atoms. The van der Waals surface area contributed by atoms with E-state index >= 15 is 0 Å². The highest BCUT2D eigenvalue weighted by molar-refractivity contribution is 7.10. The van der Waals surface area contributed by atoms with E-state index < -0.39 is 0 Å². The van der Waals surface area contributed by atoms with Crippen LogP contribution in [0.15, 0.2) is 23.6 Å². The third kappa shape index (κ3) is 3.21. The van der Waals surface area contributed by atoms with Crippen LogP contribution in [0.25, 0.3) is 6.08 Å². The molecular weight excluding hydrogens is 244 g/mol. The molecule has 3 nitrogen and oxygen atoms in total. The minimum absolute atomic E-state index is 0.0457. The molecule has 0 aromatic carbocycles. The van der Waals surface area contributed by atoms with Crippen molar-refractivity contribution in [3.8, 4) is 0 Å². The van der Waals surface area contributed by atoms with Crippen LogP contribution in [0, 0.1) is 0 Å². The Morgan fingerprint density at radius 3 is 3.11 bits per heavy atom. The fraction of sp³-hybridized carbons (Fsp3) is 0.500. The van der Waals surface area contributed by atoms with Crippen molar-refractivity contribution in [3.05, 3.63) is 28.5 Å². The fourth-order valence-electron chi connectivity index (χ4n) is 2.41. The first kappa shape index (κ1) is 13.3. The Labute approximate surface area is 112 Å². The van der Waals surface area contributed by atoms with Gasteiger partial charge < -0.3 is 10.6 Å². The van der Waals surface area contributed by atoms with Crippen LogP contribution in [0.1, 0.15) is 31.1 Å². The predicted molar refractivity (Wildman–Crippen MR) is 76.4 cm³/mol. The number of carbonyl (C=O) groups is 1. The lowest BCUT2D eigenvalue weighted by atomic mass is 9.97. The van der Waals surface area contributed by atoms with Crippen molar-refractivity contribution in [2.75, 3.05) is 6.54 Å². The van der Waals surface area contributed by atoms with Gasteiger partial charge in [0.1, 0.15) is 0 Å². The van der Waals surface area contributed by atoms with E-state index in [-0.39, 0.29) is 18.0 Å². The molecule has 2 atom stereocenters. The summed E-state index contributed by atoms with van der Waals surface area (Å²) in [5.41, 5.74) is 5.97. The summed E-state index contributed by atoms with van der Waals surface area (Å²) in [6.07, 6.45) is 6.84. The molecule has 4 heteroatoms. The largest absolute Gasteiger partial charge is 0.335 e. The first-order chi connectivity index (χ1) is 8.68. The minimum Gasteiger partial charge on any atom is -0.335 e. The summed E-state index contributed by atoms with van der Waals surface area (Å²) in [5.74, 6) is 0.0883. The molecule has 1 aliphatic rings. The van der Waals surface area contributed by atoms with Crippen LogP contribution >= 0.6 is 11.3 Å². The number of carbonyl (C=O) groups excluding carboxylic acids is 1. The fourth-order valence-corrected chi connectivity index (χ4v) is 3.03. The predicted octanol–water partition coefficient (Wildman–Crippen LogP) is 2.49. The van der Waals surface area contributed by atoms with Gasteiger partial charge in [-0.2, -0.15) is 0 Å². The van der Waals surface area contributed by atoms with E-state index in [1.165, 1.54) is 6.42 Å². The van der Waals surface area contributed by atoms with E-state index in [1.54, 1.807) is 17.4 Å². The Morgan fingerprint density at radius 2 is 2.44 bits per heavy atom. The Kier molecular flexibility index (Phi) is 4.55. The molecule has 1 aromatic rings. The highest BCUT2D eigenvalue weighted by atomic mass is 32.1. The van der Waals surface area contributed by atoms with Crippen LogP contribution in [0.4, 0.5) is 0 Å². The number of hydrogen-bond donors (Lipinski definition) is 1. The highest BCUT2D eigenvalue weighted by Gasteiger charge is 2.27. The van der Waals surface area contributed by atoms with Gasteiger partial charge in [0.05, 0.1) is 0 Å². The molecule has 0 spiro atoms. The SMILES string of the molecule is CC(N)C1CCCCN1C(=O)/C=C/c1cccs1. The van der Waals surface area contributed by atoms with Crippen molar-refractivity contribution < 1.29 is 4.79 Å². The quantitative estimate of drug-likeness (QED) is 0.853. The number of thiophene rings is 1. The van der Waals surface area contributed by atoms with E-state index in [0.717, 1.165) is 24.3 Å². The van der Waals surface area contributed by atoms with Gasteiger partial charge in [-0.05, 0) is 43.7 Å². The molecule has 2 heterocycles. The maximum Gasteiger partial charge on any atom is 0.246 e. The second-order valence-electron chi connectivity index (χ2n) is 4.80. The van der Waals surface area contributed by atoms with Crippen molar-refractivity contribution in [2.45, 2.75) is 38.3 Å². The van der Waals surface area contributed by atoms with Gasteiger partial charge >= 0.3 is 0 Å². The number of amides is 1. The van der Waals surface area contributed by atoms with Gasteiger partial charge in [-0.25, -0.2) is 0 Å². The molecule has 1 fully saturated rings. The number of piperidine rings is 1. The molecule has 0 saturated carbocycles. The monoisotopic (exact) mass is 264 g/mol. The van der Waals surface area contributed by atoms with E-state index in [0.29, 0.717) is 0 Å². The lowest BCUT2D eigenvalue weighted by Gasteiger charge is -2.37. The van der Waals surface area contributed by atoms with Crippen LogP contribution in [-0.2, 0) is 4.79 Å². The Hall–Kier alpha value is -1.13. The summed E-state index contributed by atoms with van der Waals surface area (Å²) in [6, 6.07) is 4.23. The van der Waals surface area contributed by atoms with Gasteiger partial charge in [0.15, 0.2) is 0 Å². The van der Waals surface area contributed by atoms with Crippen LogP contribution in [0.3, 0.4) is 0 Å². The number of nitrogens with two attached hydrogens (primary N) is 1. The van der Waals surface area contributed by atoms with Crippen molar-refractivity contribution in [1.82, 2.24) is 4.90 Å². The average molecular weight is 264 g/mol. The molecule has 2 N–H and O–H groups in total. The third-order valence-electron chi connectivity index (χ3n) is 3.37. The van der Waals surface area contributed by atoms with E-state index in [1.807, 2.05) is 35.4 Å². The topological polar surface area (TPSA) is 46.3 Å². The zero-order valence-corrected chi connectivity index (χ0v) is 11.5. The zero-order valence-electron chi connectivity index (χ0n) is 10.7. The smallest absolute Gasteiger partial charge is 0.246 e. The van der Waals surface area contributed by atoms with Crippen LogP contribution < -0.4 is 5.73 Å². The molecule has 1 saturated heterocycles. The summed E-state index contributed by atoms with van der Waals surface area (Å²) in [5, 5.41) is 2.01. The lowest BCUT2D eigenvalue weighted by Crippen LogP contribution is -2.51. The molecule has 0 radical (unpaired) electrons. The normalized spacial score (nSPS) is 22.3. The number of nitrogens with zero attached hydrogens (tertiary/aromatic N) is 1. The minimum atomic E-state index is 0.0457. The summed E-state index contributed by atoms with van der Waals surface area (Å²) in [7, 11) is 0. The van der Waals surface area contributed by atoms with Gasteiger partial charge in [0.25, 0.3) is 0 Å². The van der Waals surface area contributed by atoms with E-state index in [4.69, 9.17) is 5.73 Å².